The first-order valence-electron chi connectivity index (χ1n) is 6.85. The molecular formula is C18H14O4. The zero-order valence-electron chi connectivity index (χ0n) is 12.2. The Bertz CT molecular complexity index is 934. The Balaban J connectivity index is 2.24. The van der Waals surface area contributed by atoms with E-state index in [4.69, 9.17) is 4.42 Å². The highest BCUT2D eigenvalue weighted by Crippen LogP contribution is 2.28. The van der Waals surface area contributed by atoms with Crippen LogP contribution in [-0.4, -0.2) is 10.9 Å². The van der Waals surface area contributed by atoms with E-state index in [1.165, 1.54) is 13.0 Å². The minimum Gasteiger partial charge on any atom is -0.508 e. The molecule has 3 rings (SSSR count). The quantitative estimate of drug-likeness (QED) is 0.578. The number of phenolic OH excluding ortho intramolecular Hbond substituents is 1. The summed E-state index contributed by atoms with van der Waals surface area (Å²) in [5.41, 5.74) is 2.43. The summed E-state index contributed by atoms with van der Waals surface area (Å²) in [6.45, 7) is 3.33. The average Bonchev–Trinajstić information content (AvgIpc) is 2.47. The molecule has 110 valence electrons. The van der Waals surface area contributed by atoms with E-state index in [9.17, 15) is 14.7 Å². The molecule has 0 spiro atoms. The van der Waals surface area contributed by atoms with Crippen molar-refractivity contribution >= 4 is 16.8 Å². The van der Waals surface area contributed by atoms with Crippen LogP contribution in [0, 0.1) is 6.92 Å². The molecule has 0 radical (unpaired) electrons. The average molecular weight is 294 g/mol. The van der Waals surface area contributed by atoms with Crippen molar-refractivity contribution < 1.29 is 14.3 Å². The predicted octanol–water partition coefficient (Wildman–Crippen LogP) is 3.68. The molecule has 0 saturated heterocycles. The number of aryl methyl sites for hydroxylation is 1. The molecule has 0 aliphatic carbocycles. The summed E-state index contributed by atoms with van der Waals surface area (Å²) < 4.78 is 5.30. The van der Waals surface area contributed by atoms with E-state index in [-0.39, 0.29) is 11.5 Å². The molecule has 0 saturated carbocycles. The molecule has 22 heavy (non-hydrogen) atoms. The summed E-state index contributed by atoms with van der Waals surface area (Å²) in [4.78, 5) is 23.6. The van der Waals surface area contributed by atoms with E-state index in [0.29, 0.717) is 22.3 Å². The molecule has 0 amide bonds. The van der Waals surface area contributed by atoms with Gasteiger partial charge in [-0.15, -0.1) is 0 Å². The Morgan fingerprint density at radius 3 is 2.41 bits per heavy atom. The van der Waals surface area contributed by atoms with Gasteiger partial charge in [0.1, 0.15) is 11.3 Å². The van der Waals surface area contributed by atoms with Crippen molar-refractivity contribution in [3.63, 3.8) is 0 Å². The second-order valence-corrected chi connectivity index (χ2v) is 5.20. The largest absolute Gasteiger partial charge is 0.508 e. The SMILES string of the molecule is CC(=O)c1ccc(-c2c(C)c3ccc(O)cc3oc2=O)cc1. The summed E-state index contributed by atoms with van der Waals surface area (Å²) in [6.07, 6.45) is 0. The third-order valence-electron chi connectivity index (χ3n) is 3.73. The van der Waals surface area contributed by atoms with E-state index >= 15 is 0 Å². The van der Waals surface area contributed by atoms with E-state index in [1.807, 2.05) is 6.92 Å². The number of fused-ring (bicyclic) bond motifs is 1. The van der Waals surface area contributed by atoms with Gasteiger partial charge in [-0.25, -0.2) is 4.79 Å². The number of rotatable bonds is 2. The maximum Gasteiger partial charge on any atom is 0.344 e. The molecule has 0 aliphatic rings. The van der Waals surface area contributed by atoms with Crippen LogP contribution < -0.4 is 5.63 Å². The predicted molar refractivity (Wildman–Crippen MR) is 84.3 cm³/mol. The molecule has 1 aromatic heterocycles. The molecule has 1 N–H and O–H groups in total. The second-order valence-electron chi connectivity index (χ2n) is 5.20. The molecule has 0 atom stereocenters. The number of ketones is 1. The molecule has 0 fully saturated rings. The number of hydrogen-bond donors (Lipinski definition) is 1. The third-order valence-corrected chi connectivity index (χ3v) is 3.73. The standard InChI is InChI=1S/C18H14O4/c1-10-15-8-7-14(20)9-16(15)22-18(21)17(10)13-5-3-12(4-6-13)11(2)19/h3-9,20H,1-2H3. The van der Waals surface area contributed by atoms with Crippen LogP contribution >= 0.6 is 0 Å². The molecule has 1 heterocycles. The fourth-order valence-corrected chi connectivity index (χ4v) is 2.55. The maximum atomic E-state index is 12.3. The first kappa shape index (κ1) is 14.1. The Hall–Kier alpha value is -2.88. The van der Waals surface area contributed by atoms with Crippen molar-refractivity contribution in [2.45, 2.75) is 13.8 Å². The summed E-state index contributed by atoms with van der Waals surface area (Å²) in [7, 11) is 0. The van der Waals surface area contributed by atoms with Gasteiger partial charge >= 0.3 is 5.63 Å². The van der Waals surface area contributed by atoms with Gasteiger partial charge < -0.3 is 9.52 Å². The van der Waals surface area contributed by atoms with Crippen LogP contribution in [0.4, 0.5) is 0 Å². The van der Waals surface area contributed by atoms with Crippen molar-refractivity contribution in [1.29, 1.82) is 0 Å². The van der Waals surface area contributed by atoms with Crippen LogP contribution in [0.25, 0.3) is 22.1 Å². The zero-order chi connectivity index (χ0) is 15.9. The zero-order valence-corrected chi connectivity index (χ0v) is 12.2. The van der Waals surface area contributed by atoms with Gasteiger partial charge in [-0.05, 0) is 37.1 Å². The fourth-order valence-electron chi connectivity index (χ4n) is 2.55. The number of benzene rings is 2. The van der Waals surface area contributed by atoms with Crippen molar-refractivity contribution in [3.8, 4) is 16.9 Å². The molecule has 3 aromatic rings. The highest BCUT2D eigenvalue weighted by Gasteiger charge is 2.14. The van der Waals surface area contributed by atoms with Crippen LogP contribution in [0.2, 0.25) is 0 Å². The number of phenols is 1. The van der Waals surface area contributed by atoms with Crippen molar-refractivity contribution in [1.82, 2.24) is 0 Å². The number of carbonyl (C=O) groups is 1. The number of carbonyl (C=O) groups excluding carboxylic acids is 1. The second kappa shape index (κ2) is 5.15. The first-order valence-corrected chi connectivity index (χ1v) is 6.85. The molecule has 4 heteroatoms. The summed E-state index contributed by atoms with van der Waals surface area (Å²) >= 11 is 0. The molecule has 2 aromatic carbocycles. The minimum absolute atomic E-state index is 0.0238. The lowest BCUT2D eigenvalue weighted by Crippen LogP contribution is -2.06. The Morgan fingerprint density at radius 1 is 1.09 bits per heavy atom. The Labute approximate surface area is 126 Å². The van der Waals surface area contributed by atoms with Gasteiger partial charge in [0.05, 0.1) is 5.56 Å². The number of Topliss-reactive ketones (excluding diaryl/α,β-unsaturated/α-hetero) is 1. The van der Waals surface area contributed by atoms with Gasteiger partial charge in [0, 0.05) is 17.0 Å². The summed E-state index contributed by atoms with van der Waals surface area (Å²) in [5, 5.41) is 10.3. The minimum atomic E-state index is -0.467. The lowest BCUT2D eigenvalue weighted by molar-refractivity contribution is 0.101. The van der Waals surface area contributed by atoms with Gasteiger partial charge in [-0.1, -0.05) is 24.3 Å². The van der Waals surface area contributed by atoms with E-state index in [2.05, 4.69) is 0 Å². The van der Waals surface area contributed by atoms with Gasteiger partial charge in [0.2, 0.25) is 0 Å². The van der Waals surface area contributed by atoms with Gasteiger partial charge in [-0.2, -0.15) is 0 Å². The molecule has 4 nitrogen and oxygen atoms in total. The molecular weight excluding hydrogens is 280 g/mol. The van der Waals surface area contributed by atoms with Crippen LogP contribution in [0.15, 0.2) is 51.7 Å². The highest BCUT2D eigenvalue weighted by atomic mass is 16.4. The third kappa shape index (κ3) is 2.29. The number of aromatic hydroxyl groups is 1. The van der Waals surface area contributed by atoms with E-state index < -0.39 is 5.63 Å². The summed E-state index contributed by atoms with van der Waals surface area (Å²) in [5.74, 6) is 0.0258. The fraction of sp³-hybridized carbons (Fsp3) is 0.111. The monoisotopic (exact) mass is 294 g/mol. The van der Waals surface area contributed by atoms with Crippen molar-refractivity contribution in [2.24, 2.45) is 0 Å². The molecule has 0 unspecified atom stereocenters. The van der Waals surface area contributed by atoms with Gasteiger partial charge in [-0.3, -0.25) is 4.79 Å². The first-order chi connectivity index (χ1) is 10.5. The Kier molecular flexibility index (Phi) is 3.29. The lowest BCUT2D eigenvalue weighted by atomic mass is 9.98. The lowest BCUT2D eigenvalue weighted by Gasteiger charge is -2.08. The van der Waals surface area contributed by atoms with Crippen LogP contribution in [0.5, 0.6) is 5.75 Å². The normalized spacial score (nSPS) is 10.8. The maximum absolute atomic E-state index is 12.3. The van der Waals surface area contributed by atoms with E-state index in [0.717, 1.165) is 10.9 Å². The van der Waals surface area contributed by atoms with Gasteiger partial charge in [0.15, 0.2) is 5.78 Å². The topological polar surface area (TPSA) is 67.5 Å². The Morgan fingerprint density at radius 2 is 1.77 bits per heavy atom. The number of hydrogen-bond acceptors (Lipinski definition) is 4. The summed E-state index contributed by atoms with van der Waals surface area (Å²) in [6, 6.07) is 11.6. The molecule has 0 aliphatic heterocycles. The van der Waals surface area contributed by atoms with Crippen LogP contribution in [0.1, 0.15) is 22.8 Å². The van der Waals surface area contributed by atoms with Crippen LogP contribution in [0.3, 0.4) is 0 Å². The van der Waals surface area contributed by atoms with Crippen molar-refractivity contribution in [2.75, 3.05) is 0 Å². The van der Waals surface area contributed by atoms with Crippen molar-refractivity contribution in [3.05, 3.63) is 64.0 Å². The van der Waals surface area contributed by atoms with Crippen LogP contribution in [-0.2, 0) is 0 Å². The smallest absolute Gasteiger partial charge is 0.344 e. The van der Waals surface area contributed by atoms with E-state index in [1.54, 1.807) is 36.4 Å². The van der Waals surface area contributed by atoms with Gasteiger partial charge in [0.25, 0.3) is 0 Å². The highest BCUT2D eigenvalue weighted by molar-refractivity contribution is 5.95. The molecule has 0 bridgehead atoms.